The molecule has 0 saturated carbocycles. The standard InChI is InChI=1S/C28H31Cl.C7H16/c1-5-6-7-14-25(23-13-9-8-12-20(23)2)22(4)26-18-17-24(21(3)19-29)27-15-10-11-16-28(26)27;1-3-5-7-6-4-2/h10-18H,3-9,19H2,1-2H3;3-7H2,1-2H3/b25-14-;. The van der Waals surface area contributed by atoms with Gasteiger partial charge in [-0.15, -0.1) is 11.6 Å². The summed E-state index contributed by atoms with van der Waals surface area (Å²) in [5, 5.41) is 2.40. The maximum absolute atomic E-state index is 6.09. The number of hydrogen-bond acceptors (Lipinski definition) is 0. The molecule has 0 saturated heterocycles. The Labute approximate surface area is 226 Å². The second-order valence-electron chi connectivity index (χ2n) is 9.82. The minimum atomic E-state index is 0.434. The molecule has 2 aromatic rings. The van der Waals surface area contributed by atoms with E-state index in [0.717, 1.165) is 36.0 Å². The molecule has 0 unspecified atom stereocenters. The summed E-state index contributed by atoms with van der Waals surface area (Å²) in [4.78, 5) is 0. The van der Waals surface area contributed by atoms with Crippen LogP contribution in [0.15, 0.2) is 84.5 Å². The van der Waals surface area contributed by atoms with Gasteiger partial charge in [-0.05, 0) is 76.0 Å². The summed E-state index contributed by atoms with van der Waals surface area (Å²) in [6, 6.07) is 12.8. The van der Waals surface area contributed by atoms with Crippen LogP contribution in [0.2, 0.25) is 0 Å². The van der Waals surface area contributed by atoms with Crippen LogP contribution >= 0.6 is 11.6 Å². The van der Waals surface area contributed by atoms with Crippen LogP contribution in [-0.4, -0.2) is 5.88 Å². The first kappa shape index (κ1) is 29.9. The van der Waals surface area contributed by atoms with Gasteiger partial charge >= 0.3 is 0 Å². The van der Waals surface area contributed by atoms with Crippen molar-refractivity contribution in [2.24, 2.45) is 0 Å². The molecule has 0 heterocycles. The Morgan fingerprint density at radius 1 is 0.806 bits per heavy atom. The Kier molecular flexibility index (Phi) is 13.7. The normalized spacial score (nSPS) is 13.5. The molecule has 0 radical (unpaired) electrons. The van der Waals surface area contributed by atoms with Gasteiger partial charge in [0.15, 0.2) is 0 Å². The van der Waals surface area contributed by atoms with Gasteiger partial charge < -0.3 is 0 Å². The number of rotatable bonds is 12. The third-order valence-electron chi connectivity index (χ3n) is 6.91. The minimum Gasteiger partial charge on any atom is -0.122 e. The van der Waals surface area contributed by atoms with Gasteiger partial charge in [0.05, 0.1) is 0 Å². The first-order valence-corrected chi connectivity index (χ1v) is 14.6. The van der Waals surface area contributed by atoms with E-state index in [4.69, 9.17) is 11.6 Å². The van der Waals surface area contributed by atoms with Gasteiger partial charge in [-0.25, -0.2) is 0 Å². The van der Waals surface area contributed by atoms with Crippen molar-refractivity contribution in [2.75, 3.05) is 5.88 Å². The molecule has 2 aromatic carbocycles. The number of unbranched alkanes of at least 4 members (excludes halogenated alkanes) is 6. The number of allylic oxidation sites excluding steroid dienone is 8. The minimum absolute atomic E-state index is 0.434. The molecule has 1 aliphatic carbocycles. The highest BCUT2D eigenvalue weighted by Gasteiger charge is 2.17. The fourth-order valence-electron chi connectivity index (χ4n) is 4.73. The molecular weight excluding hydrogens is 456 g/mol. The van der Waals surface area contributed by atoms with E-state index in [-0.39, 0.29) is 0 Å². The summed E-state index contributed by atoms with van der Waals surface area (Å²) in [5.41, 5.74) is 8.34. The van der Waals surface area contributed by atoms with Crippen molar-refractivity contribution in [3.63, 3.8) is 0 Å². The Balaban J connectivity index is 0.000000572. The van der Waals surface area contributed by atoms with Gasteiger partial charge in [0.25, 0.3) is 0 Å². The summed E-state index contributed by atoms with van der Waals surface area (Å²) < 4.78 is 0. The zero-order valence-electron chi connectivity index (χ0n) is 23.3. The molecule has 0 N–H and O–H groups in total. The topological polar surface area (TPSA) is 0 Å². The van der Waals surface area contributed by atoms with Crippen molar-refractivity contribution >= 4 is 33.5 Å². The summed E-state index contributed by atoms with van der Waals surface area (Å²) in [7, 11) is 0. The van der Waals surface area contributed by atoms with Crippen molar-refractivity contribution < 1.29 is 0 Å². The van der Waals surface area contributed by atoms with E-state index >= 15 is 0 Å². The lowest BCUT2D eigenvalue weighted by molar-refractivity contribution is 0.656. The van der Waals surface area contributed by atoms with Gasteiger partial charge in [-0.3, -0.25) is 0 Å². The van der Waals surface area contributed by atoms with Crippen LogP contribution in [-0.2, 0) is 0 Å². The molecule has 0 spiro atoms. The molecule has 1 aliphatic rings. The average Bonchev–Trinajstić information content (AvgIpc) is 2.91. The van der Waals surface area contributed by atoms with Crippen LogP contribution in [0, 0.1) is 0 Å². The molecule has 0 bridgehead atoms. The largest absolute Gasteiger partial charge is 0.122 e. The maximum atomic E-state index is 6.09. The second-order valence-corrected chi connectivity index (χ2v) is 10.1. The quantitative estimate of drug-likeness (QED) is 0.154. The molecule has 0 fully saturated rings. The Morgan fingerprint density at radius 3 is 1.97 bits per heavy atom. The van der Waals surface area contributed by atoms with Gasteiger partial charge in [-0.2, -0.15) is 0 Å². The molecule has 0 aromatic heterocycles. The van der Waals surface area contributed by atoms with E-state index in [1.165, 1.54) is 78.0 Å². The van der Waals surface area contributed by atoms with Crippen molar-refractivity contribution in [2.45, 2.75) is 91.9 Å². The number of alkyl halides is 1. The van der Waals surface area contributed by atoms with E-state index in [1.54, 1.807) is 0 Å². The molecule has 194 valence electrons. The fourth-order valence-corrected chi connectivity index (χ4v) is 4.88. The van der Waals surface area contributed by atoms with E-state index < -0.39 is 0 Å². The Morgan fingerprint density at radius 2 is 1.39 bits per heavy atom. The van der Waals surface area contributed by atoms with E-state index in [9.17, 15) is 0 Å². The average molecular weight is 503 g/mol. The Hall–Kier alpha value is -2.31. The molecule has 0 nitrogen and oxygen atoms in total. The third-order valence-corrected chi connectivity index (χ3v) is 7.23. The second kappa shape index (κ2) is 16.4. The monoisotopic (exact) mass is 502 g/mol. The fraction of sp³-hybridized carbons (Fsp3) is 0.429. The zero-order valence-corrected chi connectivity index (χ0v) is 24.0. The third kappa shape index (κ3) is 8.38. The molecule has 36 heavy (non-hydrogen) atoms. The summed E-state index contributed by atoms with van der Waals surface area (Å²) >= 11 is 6.09. The Bertz CT molecular complexity index is 1090. The van der Waals surface area contributed by atoms with E-state index in [2.05, 4.69) is 95.5 Å². The maximum Gasteiger partial charge on any atom is 0.0474 e. The molecule has 0 amide bonds. The van der Waals surface area contributed by atoms with Crippen LogP contribution in [0.1, 0.15) is 103 Å². The van der Waals surface area contributed by atoms with Gasteiger partial charge in [0, 0.05) is 5.88 Å². The lowest BCUT2D eigenvalue weighted by Crippen LogP contribution is -2.00. The zero-order chi connectivity index (χ0) is 26.3. The van der Waals surface area contributed by atoms with Crippen LogP contribution in [0.25, 0.3) is 21.9 Å². The van der Waals surface area contributed by atoms with E-state index in [0.29, 0.717) is 5.88 Å². The summed E-state index contributed by atoms with van der Waals surface area (Å²) in [6.45, 7) is 17.7. The van der Waals surface area contributed by atoms with Gasteiger partial charge in [0.1, 0.15) is 0 Å². The number of fused-ring (bicyclic) bond motifs is 1. The molecule has 0 aliphatic heterocycles. The number of hydrogen-bond donors (Lipinski definition) is 0. The highest BCUT2D eigenvalue weighted by molar-refractivity contribution is 6.23. The predicted molar refractivity (Wildman–Crippen MR) is 166 cm³/mol. The molecule has 3 rings (SSSR count). The summed E-state index contributed by atoms with van der Waals surface area (Å²) in [6.07, 6.45) is 19.8. The summed E-state index contributed by atoms with van der Waals surface area (Å²) in [5.74, 6) is 0.434. The highest BCUT2D eigenvalue weighted by atomic mass is 35.5. The predicted octanol–water partition coefficient (Wildman–Crippen LogP) is 11.9. The van der Waals surface area contributed by atoms with Crippen molar-refractivity contribution in [1.82, 2.24) is 0 Å². The first-order valence-electron chi connectivity index (χ1n) is 14.0. The number of halogens is 1. The van der Waals surface area contributed by atoms with Crippen LogP contribution < -0.4 is 0 Å². The lowest BCUT2D eigenvalue weighted by Gasteiger charge is -2.21. The molecular formula is C35H47Cl. The van der Waals surface area contributed by atoms with Crippen LogP contribution in [0.4, 0.5) is 0 Å². The van der Waals surface area contributed by atoms with Gasteiger partial charge in [0.2, 0.25) is 0 Å². The molecule has 1 heteroatoms. The van der Waals surface area contributed by atoms with Crippen molar-refractivity contribution in [3.8, 4) is 0 Å². The van der Waals surface area contributed by atoms with Crippen LogP contribution in [0.5, 0.6) is 0 Å². The smallest absolute Gasteiger partial charge is 0.0474 e. The van der Waals surface area contributed by atoms with E-state index in [1.807, 2.05) is 0 Å². The van der Waals surface area contributed by atoms with Crippen molar-refractivity contribution in [3.05, 3.63) is 95.6 Å². The molecule has 0 atom stereocenters. The lowest BCUT2D eigenvalue weighted by atomic mass is 9.83. The number of benzene rings is 2. The SMILES string of the molecule is C=C(CCl)c1ccc(C(=C)/C(=C/CCCC)C2=CCCC=C2C)c2ccccc12.CCCCCCC. The van der Waals surface area contributed by atoms with Crippen LogP contribution in [0.3, 0.4) is 0 Å². The highest BCUT2D eigenvalue weighted by Crippen LogP contribution is 2.38. The van der Waals surface area contributed by atoms with Crippen molar-refractivity contribution in [1.29, 1.82) is 0 Å². The first-order chi connectivity index (χ1) is 17.5. The van der Waals surface area contributed by atoms with Gasteiger partial charge in [-0.1, -0.05) is 134 Å².